The van der Waals surface area contributed by atoms with Crippen LogP contribution < -0.4 is 0 Å². The Kier molecular flexibility index (Phi) is 4.67. The van der Waals surface area contributed by atoms with Crippen molar-refractivity contribution in [3.8, 4) is 0 Å². The lowest BCUT2D eigenvalue weighted by atomic mass is 9.80. The number of rotatable bonds is 4. The summed E-state index contributed by atoms with van der Waals surface area (Å²) in [6, 6.07) is 7.40. The number of aromatic nitrogens is 4. The third-order valence-electron chi connectivity index (χ3n) is 7.10. The van der Waals surface area contributed by atoms with Crippen molar-refractivity contribution < 1.29 is 9.50 Å². The Morgan fingerprint density at radius 2 is 1.64 bits per heavy atom. The van der Waals surface area contributed by atoms with Gasteiger partial charge in [-0.25, -0.2) is 9.07 Å². The zero-order valence-electron chi connectivity index (χ0n) is 16.2. The van der Waals surface area contributed by atoms with Crippen molar-refractivity contribution in [1.82, 2.24) is 25.1 Å². The van der Waals surface area contributed by atoms with Gasteiger partial charge in [-0.1, -0.05) is 31.4 Å². The topological polar surface area (TPSA) is 67.1 Å². The van der Waals surface area contributed by atoms with Gasteiger partial charge in [-0.15, -0.1) is 5.10 Å². The standard InChI is InChI=1S/C21H28FN5O/c22-16-8-6-15(7-9-16)21(28)12-18-10-11-19(13-21)26(18)14-20-23-24-25-27(20)17-4-2-1-3-5-17/h6-9,17-19,28H,1-5,10-14H2/t18-,19-/m1/s1. The molecule has 3 aliphatic rings. The molecule has 7 heteroatoms. The number of tetrazole rings is 1. The van der Waals surface area contributed by atoms with Crippen LogP contribution in [0.25, 0.3) is 0 Å². The summed E-state index contributed by atoms with van der Waals surface area (Å²) in [7, 11) is 0. The molecule has 3 heterocycles. The monoisotopic (exact) mass is 385 g/mol. The first kappa shape index (κ1) is 18.2. The van der Waals surface area contributed by atoms with E-state index >= 15 is 0 Å². The van der Waals surface area contributed by atoms with Gasteiger partial charge in [0.1, 0.15) is 5.82 Å². The van der Waals surface area contributed by atoms with Gasteiger partial charge >= 0.3 is 0 Å². The van der Waals surface area contributed by atoms with Crippen LogP contribution in [0, 0.1) is 5.82 Å². The van der Waals surface area contributed by atoms with Crippen LogP contribution in [0.3, 0.4) is 0 Å². The molecule has 1 saturated carbocycles. The molecule has 3 fully saturated rings. The molecule has 2 aromatic rings. The molecule has 0 amide bonds. The van der Waals surface area contributed by atoms with Gasteiger partial charge in [0.05, 0.1) is 18.2 Å². The molecule has 1 aromatic carbocycles. The van der Waals surface area contributed by atoms with E-state index in [1.807, 2.05) is 0 Å². The Morgan fingerprint density at radius 1 is 0.964 bits per heavy atom. The second-order valence-electron chi connectivity index (χ2n) is 8.84. The molecule has 28 heavy (non-hydrogen) atoms. The second-order valence-corrected chi connectivity index (χ2v) is 8.84. The van der Waals surface area contributed by atoms with Gasteiger partial charge in [0.2, 0.25) is 0 Å². The van der Waals surface area contributed by atoms with Crippen molar-refractivity contribution in [3.63, 3.8) is 0 Å². The van der Waals surface area contributed by atoms with Gasteiger partial charge < -0.3 is 5.11 Å². The summed E-state index contributed by atoms with van der Waals surface area (Å²) in [5, 5.41) is 23.9. The molecule has 0 unspecified atom stereocenters. The van der Waals surface area contributed by atoms with Crippen LogP contribution in [0.15, 0.2) is 24.3 Å². The molecular weight excluding hydrogens is 357 g/mol. The van der Waals surface area contributed by atoms with Gasteiger partial charge in [-0.3, -0.25) is 4.90 Å². The lowest BCUT2D eigenvalue weighted by Crippen LogP contribution is -2.49. The van der Waals surface area contributed by atoms with Crippen LogP contribution in [0.4, 0.5) is 4.39 Å². The van der Waals surface area contributed by atoms with E-state index in [-0.39, 0.29) is 5.82 Å². The molecule has 1 N–H and O–H groups in total. The van der Waals surface area contributed by atoms with E-state index in [4.69, 9.17) is 0 Å². The summed E-state index contributed by atoms with van der Waals surface area (Å²) in [4.78, 5) is 2.49. The molecule has 150 valence electrons. The summed E-state index contributed by atoms with van der Waals surface area (Å²) < 4.78 is 15.4. The number of aliphatic hydroxyl groups is 1. The molecule has 2 saturated heterocycles. The van der Waals surface area contributed by atoms with E-state index in [2.05, 4.69) is 25.1 Å². The second kappa shape index (κ2) is 7.19. The first-order chi connectivity index (χ1) is 13.6. The lowest BCUT2D eigenvalue weighted by molar-refractivity contribution is -0.0606. The van der Waals surface area contributed by atoms with Crippen molar-refractivity contribution in [2.24, 2.45) is 0 Å². The SMILES string of the molecule is OC1(c2ccc(F)cc2)C[C@H]2CC[C@H](C1)N2Cc1nnnn1C1CCCCC1. The molecule has 6 nitrogen and oxygen atoms in total. The Hall–Kier alpha value is -1.86. The van der Waals surface area contributed by atoms with Crippen molar-refractivity contribution in [1.29, 1.82) is 0 Å². The van der Waals surface area contributed by atoms with Gasteiger partial charge in [0.15, 0.2) is 5.82 Å². The van der Waals surface area contributed by atoms with E-state index in [0.717, 1.165) is 43.6 Å². The largest absolute Gasteiger partial charge is 0.385 e. The van der Waals surface area contributed by atoms with Crippen LogP contribution in [0.2, 0.25) is 0 Å². The first-order valence-electron chi connectivity index (χ1n) is 10.6. The highest BCUT2D eigenvalue weighted by Gasteiger charge is 2.48. The van der Waals surface area contributed by atoms with E-state index < -0.39 is 5.60 Å². The van der Waals surface area contributed by atoms with E-state index in [1.54, 1.807) is 12.1 Å². The number of benzene rings is 1. The fourth-order valence-electron chi connectivity index (χ4n) is 5.66. The quantitative estimate of drug-likeness (QED) is 0.874. The van der Waals surface area contributed by atoms with E-state index in [9.17, 15) is 9.50 Å². The van der Waals surface area contributed by atoms with Crippen molar-refractivity contribution >= 4 is 0 Å². The van der Waals surface area contributed by atoms with Crippen molar-refractivity contribution in [2.75, 3.05) is 0 Å². The van der Waals surface area contributed by atoms with E-state index in [0.29, 0.717) is 31.0 Å². The molecule has 2 bridgehead atoms. The summed E-state index contributed by atoms with van der Waals surface area (Å²) in [5.41, 5.74) is -0.0387. The number of fused-ring (bicyclic) bond motifs is 2. The van der Waals surface area contributed by atoms with Gasteiger partial charge in [-0.2, -0.15) is 0 Å². The minimum absolute atomic E-state index is 0.262. The predicted molar refractivity (Wildman–Crippen MR) is 102 cm³/mol. The van der Waals surface area contributed by atoms with Crippen LogP contribution in [0.1, 0.15) is 75.2 Å². The van der Waals surface area contributed by atoms with Crippen molar-refractivity contribution in [2.45, 2.75) is 88.1 Å². The Bertz CT molecular complexity index is 802. The molecule has 2 aliphatic heterocycles. The number of hydrogen-bond donors (Lipinski definition) is 1. The molecule has 1 aliphatic carbocycles. The number of hydrogen-bond acceptors (Lipinski definition) is 5. The lowest BCUT2D eigenvalue weighted by Gasteiger charge is -2.44. The fraction of sp³-hybridized carbons (Fsp3) is 0.667. The smallest absolute Gasteiger partial charge is 0.165 e. The summed E-state index contributed by atoms with van der Waals surface area (Å²) in [5.74, 6) is 0.693. The molecule has 5 rings (SSSR count). The van der Waals surface area contributed by atoms with Crippen LogP contribution >= 0.6 is 0 Å². The van der Waals surface area contributed by atoms with Gasteiger partial charge in [0, 0.05) is 12.1 Å². The van der Waals surface area contributed by atoms with Crippen LogP contribution in [-0.4, -0.2) is 42.3 Å². The van der Waals surface area contributed by atoms with Gasteiger partial charge in [-0.05, 0) is 66.6 Å². The van der Waals surface area contributed by atoms with Crippen molar-refractivity contribution in [3.05, 3.63) is 41.5 Å². The Morgan fingerprint density at radius 3 is 2.32 bits per heavy atom. The minimum Gasteiger partial charge on any atom is -0.385 e. The third-order valence-corrected chi connectivity index (χ3v) is 7.10. The Balaban J connectivity index is 1.33. The maximum absolute atomic E-state index is 13.3. The number of halogens is 1. The Labute approximate surface area is 164 Å². The fourth-order valence-corrected chi connectivity index (χ4v) is 5.66. The van der Waals surface area contributed by atoms with Gasteiger partial charge in [0.25, 0.3) is 0 Å². The highest BCUT2D eigenvalue weighted by atomic mass is 19.1. The summed E-state index contributed by atoms with van der Waals surface area (Å²) in [6.45, 7) is 0.748. The maximum atomic E-state index is 13.3. The summed E-state index contributed by atoms with van der Waals surface area (Å²) in [6.07, 6.45) is 9.67. The highest BCUT2D eigenvalue weighted by molar-refractivity contribution is 5.25. The maximum Gasteiger partial charge on any atom is 0.165 e. The normalized spacial score (nSPS) is 31.4. The van der Waals surface area contributed by atoms with Crippen LogP contribution in [0.5, 0.6) is 0 Å². The number of piperidine rings is 1. The highest BCUT2D eigenvalue weighted by Crippen LogP contribution is 2.46. The molecule has 2 atom stereocenters. The average Bonchev–Trinajstić information content (AvgIpc) is 3.26. The van der Waals surface area contributed by atoms with Crippen LogP contribution in [-0.2, 0) is 12.1 Å². The molecular formula is C21H28FN5O. The first-order valence-corrected chi connectivity index (χ1v) is 10.6. The zero-order valence-corrected chi connectivity index (χ0v) is 16.2. The van der Waals surface area contributed by atoms with E-state index in [1.165, 1.54) is 31.4 Å². The summed E-state index contributed by atoms with van der Waals surface area (Å²) >= 11 is 0. The third kappa shape index (κ3) is 3.24. The number of nitrogens with zero attached hydrogens (tertiary/aromatic N) is 5. The average molecular weight is 385 g/mol. The zero-order chi connectivity index (χ0) is 19.1. The molecule has 1 aromatic heterocycles. The minimum atomic E-state index is -0.870. The molecule has 0 radical (unpaired) electrons. The molecule has 0 spiro atoms. The predicted octanol–water partition coefficient (Wildman–Crippen LogP) is 3.33.